The third kappa shape index (κ3) is 4.15. The Hall–Kier alpha value is -1.18. The lowest BCUT2D eigenvalue weighted by Gasteiger charge is -2.37. The molecule has 3 N–H and O–H groups in total. The van der Waals surface area contributed by atoms with E-state index in [2.05, 4.69) is 17.2 Å². The fourth-order valence-electron chi connectivity index (χ4n) is 3.06. The van der Waals surface area contributed by atoms with Gasteiger partial charge in [-0.15, -0.1) is 0 Å². The van der Waals surface area contributed by atoms with Gasteiger partial charge in [0.1, 0.15) is 0 Å². The maximum Gasteiger partial charge on any atom is 0.237 e. The molecule has 2 aliphatic rings. The Kier molecular flexibility index (Phi) is 5.96. The monoisotopic (exact) mass is 298 g/mol. The molecule has 21 heavy (non-hydrogen) atoms. The number of carbonyl (C=O) groups is 2. The van der Waals surface area contributed by atoms with Gasteiger partial charge in [0.15, 0.2) is 0 Å². The number of likely N-dealkylation sites (tertiary alicyclic amines) is 1. The number of ether oxygens (including phenoxy) is 1. The molecule has 7 heteroatoms. The number of morpholine rings is 1. The van der Waals surface area contributed by atoms with E-state index in [-0.39, 0.29) is 17.7 Å². The minimum Gasteiger partial charge on any atom is -0.378 e. The zero-order valence-electron chi connectivity index (χ0n) is 12.7. The first-order valence-corrected chi connectivity index (χ1v) is 7.75. The number of nitrogens with two attached hydrogens (primary N) is 1. The number of nitrogens with zero attached hydrogens (tertiary/aromatic N) is 2. The van der Waals surface area contributed by atoms with Crippen molar-refractivity contribution in [1.29, 1.82) is 0 Å². The predicted octanol–water partition coefficient (Wildman–Crippen LogP) is -0.674. The summed E-state index contributed by atoms with van der Waals surface area (Å²) < 4.78 is 5.46. The van der Waals surface area contributed by atoms with Gasteiger partial charge in [0.2, 0.25) is 11.8 Å². The van der Waals surface area contributed by atoms with Crippen molar-refractivity contribution in [1.82, 2.24) is 15.2 Å². The molecular formula is C14H26N4O3. The molecule has 7 nitrogen and oxygen atoms in total. The molecule has 1 unspecified atom stereocenters. The molecule has 0 aromatic heterocycles. The molecule has 0 spiro atoms. The van der Waals surface area contributed by atoms with Gasteiger partial charge in [-0.1, -0.05) is 6.92 Å². The van der Waals surface area contributed by atoms with Crippen LogP contribution in [0.5, 0.6) is 0 Å². The molecule has 0 radical (unpaired) electrons. The zero-order chi connectivity index (χ0) is 15.2. The van der Waals surface area contributed by atoms with Gasteiger partial charge in [0.05, 0.1) is 19.8 Å². The largest absolute Gasteiger partial charge is 0.378 e. The Balaban J connectivity index is 1.80. The van der Waals surface area contributed by atoms with Crippen molar-refractivity contribution in [2.45, 2.75) is 32.2 Å². The lowest BCUT2D eigenvalue weighted by molar-refractivity contribution is -0.138. The normalized spacial score (nSPS) is 24.9. The van der Waals surface area contributed by atoms with E-state index in [0.29, 0.717) is 51.7 Å². The Morgan fingerprint density at radius 3 is 2.62 bits per heavy atom. The Morgan fingerprint density at radius 1 is 1.29 bits per heavy atom. The third-order valence-electron chi connectivity index (χ3n) is 4.52. The summed E-state index contributed by atoms with van der Waals surface area (Å²) in [6, 6.07) is 0.336. The van der Waals surface area contributed by atoms with Crippen LogP contribution >= 0.6 is 0 Å². The lowest BCUT2D eigenvalue weighted by atomic mass is 9.96. The van der Waals surface area contributed by atoms with Crippen LogP contribution in [-0.4, -0.2) is 67.0 Å². The van der Waals surface area contributed by atoms with Crippen molar-refractivity contribution in [3.8, 4) is 0 Å². The van der Waals surface area contributed by atoms with Crippen LogP contribution in [0.3, 0.4) is 0 Å². The highest BCUT2D eigenvalue weighted by molar-refractivity contribution is 5.80. The van der Waals surface area contributed by atoms with Crippen LogP contribution < -0.4 is 11.3 Å². The smallest absolute Gasteiger partial charge is 0.237 e. The standard InChI is InChI=1S/C14H26N4O3/c1-2-12-10-21-8-7-18(12)9-13(19)17-5-3-11(4-6-17)14(20)16-15/h11-12H,2-10,15H2,1H3,(H,16,20). The Morgan fingerprint density at radius 2 is 2.00 bits per heavy atom. The van der Waals surface area contributed by atoms with Gasteiger partial charge in [-0.25, -0.2) is 5.84 Å². The summed E-state index contributed by atoms with van der Waals surface area (Å²) in [6.45, 7) is 6.07. The summed E-state index contributed by atoms with van der Waals surface area (Å²) in [4.78, 5) is 27.9. The second kappa shape index (κ2) is 7.72. The van der Waals surface area contributed by atoms with Crippen molar-refractivity contribution >= 4 is 11.8 Å². The Bertz CT molecular complexity index is 369. The SMILES string of the molecule is CCC1COCCN1CC(=O)N1CCC(C(=O)NN)CC1. The van der Waals surface area contributed by atoms with Gasteiger partial charge in [-0.05, 0) is 19.3 Å². The van der Waals surface area contributed by atoms with Crippen molar-refractivity contribution in [3.63, 3.8) is 0 Å². The maximum absolute atomic E-state index is 12.4. The molecule has 2 fully saturated rings. The van der Waals surface area contributed by atoms with E-state index >= 15 is 0 Å². The summed E-state index contributed by atoms with van der Waals surface area (Å²) in [5, 5.41) is 0. The van der Waals surface area contributed by atoms with Gasteiger partial charge < -0.3 is 9.64 Å². The molecule has 0 aromatic rings. The average molecular weight is 298 g/mol. The molecule has 2 amide bonds. The molecule has 0 aromatic carbocycles. The van der Waals surface area contributed by atoms with E-state index in [9.17, 15) is 9.59 Å². The highest BCUT2D eigenvalue weighted by atomic mass is 16.5. The van der Waals surface area contributed by atoms with Gasteiger partial charge in [-0.2, -0.15) is 0 Å². The van der Waals surface area contributed by atoms with Gasteiger partial charge in [0.25, 0.3) is 0 Å². The van der Waals surface area contributed by atoms with Crippen LogP contribution in [0.25, 0.3) is 0 Å². The maximum atomic E-state index is 12.4. The van der Waals surface area contributed by atoms with Crippen LogP contribution in [0, 0.1) is 5.92 Å². The molecule has 0 aliphatic carbocycles. The summed E-state index contributed by atoms with van der Waals surface area (Å²) in [6.07, 6.45) is 2.37. The first kappa shape index (κ1) is 16.2. The van der Waals surface area contributed by atoms with Crippen LogP contribution in [-0.2, 0) is 14.3 Å². The van der Waals surface area contributed by atoms with Crippen LogP contribution in [0.2, 0.25) is 0 Å². The number of nitrogens with one attached hydrogen (secondary N) is 1. The lowest BCUT2D eigenvalue weighted by Crippen LogP contribution is -2.52. The van der Waals surface area contributed by atoms with E-state index in [1.165, 1.54) is 0 Å². The Labute approximate surface area is 125 Å². The number of piperidine rings is 1. The molecule has 2 rings (SSSR count). The van der Waals surface area contributed by atoms with E-state index in [0.717, 1.165) is 13.0 Å². The van der Waals surface area contributed by atoms with Crippen LogP contribution in [0.15, 0.2) is 0 Å². The summed E-state index contributed by atoms with van der Waals surface area (Å²) in [7, 11) is 0. The van der Waals surface area contributed by atoms with E-state index < -0.39 is 0 Å². The number of amides is 2. The van der Waals surface area contributed by atoms with Crippen LogP contribution in [0.4, 0.5) is 0 Å². The molecule has 2 heterocycles. The number of hydrogen-bond acceptors (Lipinski definition) is 5. The molecule has 1 atom stereocenters. The topological polar surface area (TPSA) is 87.9 Å². The highest BCUT2D eigenvalue weighted by Gasteiger charge is 2.29. The summed E-state index contributed by atoms with van der Waals surface area (Å²) >= 11 is 0. The number of rotatable bonds is 4. The third-order valence-corrected chi connectivity index (χ3v) is 4.52. The van der Waals surface area contributed by atoms with Crippen molar-refractivity contribution in [3.05, 3.63) is 0 Å². The van der Waals surface area contributed by atoms with Gasteiger partial charge in [0, 0.05) is 31.6 Å². The fourth-order valence-corrected chi connectivity index (χ4v) is 3.06. The van der Waals surface area contributed by atoms with Crippen molar-refractivity contribution in [2.24, 2.45) is 11.8 Å². The highest BCUT2D eigenvalue weighted by Crippen LogP contribution is 2.18. The fraction of sp³-hybridized carbons (Fsp3) is 0.857. The van der Waals surface area contributed by atoms with Crippen molar-refractivity contribution < 1.29 is 14.3 Å². The summed E-state index contributed by atoms with van der Waals surface area (Å²) in [5.41, 5.74) is 2.19. The number of hydrogen-bond donors (Lipinski definition) is 2. The quantitative estimate of drug-likeness (QED) is 0.408. The first-order valence-electron chi connectivity index (χ1n) is 7.75. The molecule has 0 bridgehead atoms. The minimum absolute atomic E-state index is 0.0640. The average Bonchev–Trinajstić information content (AvgIpc) is 2.54. The predicted molar refractivity (Wildman–Crippen MR) is 78.1 cm³/mol. The van der Waals surface area contributed by atoms with E-state index in [1.54, 1.807) is 0 Å². The molecule has 2 saturated heterocycles. The van der Waals surface area contributed by atoms with Crippen molar-refractivity contribution in [2.75, 3.05) is 39.4 Å². The summed E-state index contributed by atoms with van der Waals surface area (Å²) in [5.74, 6) is 5.12. The van der Waals surface area contributed by atoms with Gasteiger partial charge in [-0.3, -0.25) is 19.9 Å². The van der Waals surface area contributed by atoms with E-state index in [4.69, 9.17) is 10.6 Å². The van der Waals surface area contributed by atoms with Gasteiger partial charge >= 0.3 is 0 Å². The molecule has 120 valence electrons. The first-order chi connectivity index (χ1) is 10.2. The van der Waals surface area contributed by atoms with Crippen LogP contribution in [0.1, 0.15) is 26.2 Å². The van der Waals surface area contributed by atoms with E-state index in [1.807, 2.05) is 4.90 Å². The number of carbonyl (C=O) groups excluding carboxylic acids is 2. The molecular weight excluding hydrogens is 272 g/mol. The second-order valence-corrected chi connectivity index (χ2v) is 5.77. The number of hydrazine groups is 1. The second-order valence-electron chi connectivity index (χ2n) is 5.77. The molecule has 0 saturated carbocycles. The minimum atomic E-state index is -0.124. The zero-order valence-corrected chi connectivity index (χ0v) is 12.7. The molecule has 2 aliphatic heterocycles.